The minimum absolute atomic E-state index is 0.399. The molecule has 0 unspecified atom stereocenters. The van der Waals surface area contributed by atoms with Crippen molar-refractivity contribution in [2.75, 3.05) is 24.6 Å². The highest BCUT2D eigenvalue weighted by molar-refractivity contribution is 7.91. The van der Waals surface area contributed by atoms with Gasteiger partial charge >= 0.3 is 0 Å². The third kappa shape index (κ3) is 8.64. The smallest absolute Gasteiger partial charge is 0.150 e. The van der Waals surface area contributed by atoms with Crippen molar-refractivity contribution in [3.05, 3.63) is 0 Å². The summed E-state index contributed by atoms with van der Waals surface area (Å²) in [7, 11) is -2.81. The second kappa shape index (κ2) is 9.76. The van der Waals surface area contributed by atoms with Gasteiger partial charge in [-0.25, -0.2) is 8.42 Å². The Hall–Kier alpha value is -0.0900. The van der Waals surface area contributed by atoms with Gasteiger partial charge in [0.2, 0.25) is 0 Å². The quantitative estimate of drug-likeness (QED) is 0.628. The molecule has 0 aromatic rings. The van der Waals surface area contributed by atoms with Crippen molar-refractivity contribution in [3.8, 4) is 0 Å². The van der Waals surface area contributed by atoms with Gasteiger partial charge in [0, 0.05) is 0 Å². The summed E-state index contributed by atoms with van der Waals surface area (Å²) in [5, 5.41) is 3.28. The fourth-order valence-electron chi connectivity index (χ4n) is 2.77. The summed E-state index contributed by atoms with van der Waals surface area (Å²) in [5.74, 6) is 1.23. The number of hydrogen-bond acceptors (Lipinski definition) is 3. The second-order valence-corrected chi connectivity index (χ2v) is 8.16. The van der Waals surface area contributed by atoms with Crippen LogP contribution in [0, 0.1) is 5.92 Å². The van der Waals surface area contributed by atoms with Crippen LogP contribution in [0.4, 0.5) is 0 Å². The average molecular weight is 289 g/mol. The maximum Gasteiger partial charge on any atom is 0.150 e. The molecule has 0 saturated carbocycles. The fraction of sp³-hybridized carbons (Fsp3) is 1.00. The molecule has 0 spiro atoms. The Balaban J connectivity index is 2.06. The van der Waals surface area contributed by atoms with E-state index in [0.29, 0.717) is 17.4 Å². The Morgan fingerprint density at radius 2 is 1.53 bits per heavy atom. The van der Waals surface area contributed by atoms with Crippen molar-refractivity contribution in [1.82, 2.24) is 5.32 Å². The van der Waals surface area contributed by atoms with Crippen LogP contribution in [0.1, 0.15) is 64.7 Å². The predicted octanol–water partition coefficient (Wildman–Crippen LogP) is 3.15. The maximum absolute atomic E-state index is 12.0. The number of unbranched alkanes of at least 4 members (excludes halogenated alkanes) is 6. The number of rotatable bonds is 10. The van der Waals surface area contributed by atoms with Crippen LogP contribution in [0.2, 0.25) is 0 Å². The van der Waals surface area contributed by atoms with Gasteiger partial charge in [-0.3, -0.25) is 0 Å². The molecule has 0 amide bonds. The van der Waals surface area contributed by atoms with E-state index in [1.807, 2.05) is 0 Å². The molecule has 0 aromatic carbocycles. The van der Waals surface area contributed by atoms with Crippen molar-refractivity contribution in [2.45, 2.75) is 64.7 Å². The highest BCUT2D eigenvalue weighted by atomic mass is 32.2. The van der Waals surface area contributed by atoms with Crippen LogP contribution in [0.3, 0.4) is 0 Å². The monoisotopic (exact) mass is 289 g/mol. The molecule has 1 aliphatic heterocycles. The molecular formula is C15H31NO2S. The summed E-state index contributed by atoms with van der Waals surface area (Å²) in [6, 6.07) is 0. The molecule has 1 N–H and O–H groups in total. The Morgan fingerprint density at radius 1 is 0.947 bits per heavy atom. The third-order valence-corrected chi connectivity index (χ3v) is 5.90. The molecular weight excluding hydrogens is 258 g/mol. The van der Waals surface area contributed by atoms with Crippen molar-refractivity contribution < 1.29 is 8.42 Å². The first-order valence-electron chi connectivity index (χ1n) is 8.05. The standard InChI is InChI=1S/C15H31NO2S/c1-2-3-4-5-6-7-8-13-19(17,18)14-15-9-11-16-12-10-15/h15-16H,2-14H2,1H3. The summed E-state index contributed by atoms with van der Waals surface area (Å²) in [4.78, 5) is 0. The normalized spacial score (nSPS) is 17.7. The van der Waals surface area contributed by atoms with Crippen LogP contribution in [-0.4, -0.2) is 33.0 Å². The molecule has 1 saturated heterocycles. The van der Waals surface area contributed by atoms with E-state index in [1.165, 1.54) is 32.1 Å². The third-order valence-electron chi connectivity index (χ3n) is 4.01. The average Bonchev–Trinajstić information content (AvgIpc) is 2.38. The molecule has 1 rings (SSSR count). The highest BCUT2D eigenvalue weighted by Gasteiger charge is 2.20. The number of piperidine rings is 1. The predicted molar refractivity (Wildman–Crippen MR) is 82.2 cm³/mol. The minimum atomic E-state index is -2.81. The summed E-state index contributed by atoms with van der Waals surface area (Å²) >= 11 is 0. The van der Waals surface area contributed by atoms with E-state index in [4.69, 9.17) is 0 Å². The SMILES string of the molecule is CCCCCCCCCS(=O)(=O)CC1CCNCC1. The molecule has 0 aromatic heterocycles. The molecule has 3 nitrogen and oxygen atoms in total. The number of nitrogens with one attached hydrogen (secondary N) is 1. The van der Waals surface area contributed by atoms with Gasteiger partial charge in [-0.2, -0.15) is 0 Å². The molecule has 1 heterocycles. The van der Waals surface area contributed by atoms with E-state index >= 15 is 0 Å². The Labute approximate surface area is 119 Å². The second-order valence-electron chi connectivity index (χ2n) is 5.93. The van der Waals surface area contributed by atoms with Gasteiger partial charge in [0.1, 0.15) is 0 Å². The molecule has 0 aliphatic carbocycles. The van der Waals surface area contributed by atoms with E-state index in [0.717, 1.165) is 38.8 Å². The zero-order valence-corrected chi connectivity index (χ0v) is 13.3. The van der Waals surface area contributed by atoms with E-state index in [1.54, 1.807) is 0 Å². The van der Waals surface area contributed by atoms with Crippen LogP contribution in [0.25, 0.3) is 0 Å². The van der Waals surface area contributed by atoms with Crippen molar-refractivity contribution in [3.63, 3.8) is 0 Å². The molecule has 1 fully saturated rings. The molecule has 19 heavy (non-hydrogen) atoms. The van der Waals surface area contributed by atoms with Gasteiger partial charge in [0.05, 0.1) is 11.5 Å². The van der Waals surface area contributed by atoms with E-state index < -0.39 is 9.84 Å². The molecule has 114 valence electrons. The minimum Gasteiger partial charge on any atom is -0.317 e. The zero-order chi connectivity index (χ0) is 14.0. The van der Waals surface area contributed by atoms with Crippen LogP contribution in [0.15, 0.2) is 0 Å². The van der Waals surface area contributed by atoms with Crippen molar-refractivity contribution in [2.24, 2.45) is 5.92 Å². The number of sulfone groups is 1. The van der Waals surface area contributed by atoms with Gasteiger partial charge < -0.3 is 5.32 Å². The fourth-order valence-corrected chi connectivity index (χ4v) is 4.63. The summed E-state index contributed by atoms with van der Waals surface area (Å²) in [6.45, 7) is 4.18. The van der Waals surface area contributed by atoms with Gasteiger partial charge in [0.25, 0.3) is 0 Å². The largest absolute Gasteiger partial charge is 0.317 e. The van der Waals surface area contributed by atoms with Crippen LogP contribution < -0.4 is 5.32 Å². The lowest BCUT2D eigenvalue weighted by Crippen LogP contribution is -2.32. The van der Waals surface area contributed by atoms with Gasteiger partial charge in [-0.15, -0.1) is 0 Å². The Bertz CT molecular complexity index is 308. The summed E-state index contributed by atoms with van der Waals surface area (Å²) in [6.07, 6.45) is 10.3. The van der Waals surface area contributed by atoms with Crippen LogP contribution in [-0.2, 0) is 9.84 Å². The van der Waals surface area contributed by atoms with E-state index in [2.05, 4.69) is 12.2 Å². The van der Waals surface area contributed by atoms with Crippen molar-refractivity contribution >= 4 is 9.84 Å². The first-order valence-corrected chi connectivity index (χ1v) is 9.87. The first kappa shape index (κ1) is 17.0. The molecule has 0 atom stereocenters. The van der Waals surface area contributed by atoms with Crippen molar-refractivity contribution in [1.29, 1.82) is 0 Å². The lowest BCUT2D eigenvalue weighted by Gasteiger charge is -2.22. The Kier molecular flexibility index (Phi) is 8.71. The number of hydrogen-bond donors (Lipinski definition) is 1. The van der Waals surface area contributed by atoms with Gasteiger partial charge in [-0.1, -0.05) is 45.4 Å². The molecule has 4 heteroatoms. The first-order chi connectivity index (χ1) is 9.14. The summed E-state index contributed by atoms with van der Waals surface area (Å²) in [5.41, 5.74) is 0. The summed E-state index contributed by atoms with van der Waals surface area (Å²) < 4.78 is 24.0. The topological polar surface area (TPSA) is 46.2 Å². The molecule has 1 aliphatic rings. The lowest BCUT2D eigenvalue weighted by atomic mass is 10.0. The maximum atomic E-state index is 12.0. The van der Waals surface area contributed by atoms with E-state index in [9.17, 15) is 8.42 Å². The van der Waals surface area contributed by atoms with Gasteiger partial charge in [0.15, 0.2) is 9.84 Å². The van der Waals surface area contributed by atoms with Gasteiger partial charge in [-0.05, 0) is 38.3 Å². The lowest BCUT2D eigenvalue weighted by molar-refractivity contribution is 0.401. The Morgan fingerprint density at radius 3 is 2.16 bits per heavy atom. The molecule has 0 bridgehead atoms. The highest BCUT2D eigenvalue weighted by Crippen LogP contribution is 2.16. The van der Waals surface area contributed by atoms with Crippen LogP contribution in [0.5, 0.6) is 0 Å². The van der Waals surface area contributed by atoms with E-state index in [-0.39, 0.29) is 0 Å². The zero-order valence-electron chi connectivity index (χ0n) is 12.5. The molecule has 0 radical (unpaired) electrons. The van der Waals surface area contributed by atoms with Crippen LogP contribution >= 0.6 is 0 Å².